The maximum atomic E-state index is 12.9. The minimum atomic E-state index is -0.547. The normalized spacial score (nSPS) is 21.2. The number of carbonyl (C=O) groups is 3. The van der Waals surface area contributed by atoms with E-state index in [-0.39, 0.29) is 30.2 Å². The Morgan fingerprint density at radius 2 is 1.83 bits per heavy atom. The summed E-state index contributed by atoms with van der Waals surface area (Å²) in [4.78, 5) is 39.9. The Kier molecular flexibility index (Phi) is 8.61. The molecule has 2 atom stereocenters. The third-order valence-corrected chi connectivity index (χ3v) is 6.65. The van der Waals surface area contributed by atoms with Crippen LogP contribution in [0.1, 0.15) is 51.4 Å². The number of anilines is 1. The zero-order valence-corrected chi connectivity index (χ0v) is 18.6. The van der Waals surface area contributed by atoms with Crippen LogP contribution in [0.5, 0.6) is 0 Å². The summed E-state index contributed by atoms with van der Waals surface area (Å²) in [5.41, 5.74) is 0.808. The highest BCUT2D eigenvalue weighted by Gasteiger charge is 2.36. The van der Waals surface area contributed by atoms with E-state index in [4.69, 9.17) is 0 Å². The summed E-state index contributed by atoms with van der Waals surface area (Å²) in [5, 5.41) is 6.12. The standard InChI is InChI=1S/C23H33N3O3S/c1-30-14-13-20(23(29)24-18-9-5-2-3-6-10-18)25-22(28)17-15-21(27)26(16-17)19-11-7-4-8-12-19/h4,7-8,11-12,17-18,20H,2-3,5-6,9-10,13-16H2,1H3,(H,24,29)(H,25,28). The predicted molar refractivity (Wildman–Crippen MR) is 121 cm³/mol. The van der Waals surface area contributed by atoms with Crippen molar-refractivity contribution >= 4 is 35.2 Å². The highest BCUT2D eigenvalue weighted by atomic mass is 32.2. The largest absolute Gasteiger partial charge is 0.352 e. The second-order valence-electron chi connectivity index (χ2n) is 8.28. The molecule has 7 heteroatoms. The first-order chi connectivity index (χ1) is 14.6. The molecule has 6 nitrogen and oxygen atoms in total. The van der Waals surface area contributed by atoms with Crippen molar-refractivity contribution in [1.82, 2.24) is 10.6 Å². The highest BCUT2D eigenvalue weighted by Crippen LogP contribution is 2.25. The number of hydrogen-bond acceptors (Lipinski definition) is 4. The Labute approximate surface area is 183 Å². The molecular weight excluding hydrogens is 398 g/mol. The van der Waals surface area contributed by atoms with Gasteiger partial charge in [0, 0.05) is 24.7 Å². The maximum absolute atomic E-state index is 12.9. The Bertz CT molecular complexity index is 720. The van der Waals surface area contributed by atoms with Crippen LogP contribution < -0.4 is 15.5 Å². The maximum Gasteiger partial charge on any atom is 0.242 e. The summed E-state index contributed by atoms with van der Waals surface area (Å²) in [6, 6.07) is 9.07. The number of carbonyl (C=O) groups excluding carboxylic acids is 3. The SMILES string of the molecule is CSCCC(NC(=O)C1CC(=O)N(c2ccccc2)C1)C(=O)NC1CCCCCC1. The average Bonchev–Trinajstić information content (AvgIpc) is 2.96. The number of para-hydroxylation sites is 1. The van der Waals surface area contributed by atoms with Gasteiger partial charge in [0.25, 0.3) is 0 Å². The number of nitrogens with zero attached hydrogens (tertiary/aromatic N) is 1. The molecule has 0 bridgehead atoms. The van der Waals surface area contributed by atoms with Gasteiger partial charge in [-0.05, 0) is 43.4 Å². The van der Waals surface area contributed by atoms with Crippen LogP contribution in [0.4, 0.5) is 5.69 Å². The monoisotopic (exact) mass is 431 g/mol. The minimum Gasteiger partial charge on any atom is -0.352 e. The van der Waals surface area contributed by atoms with Crippen LogP contribution in [-0.4, -0.2) is 48.4 Å². The molecule has 0 aromatic heterocycles. The predicted octanol–water partition coefficient (Wildman–Crippen LogP) is 3.12. The fourth-order valence-corrected chi connectivity index (χ4v) is 4.73. The molecule has 0 radical (unpaired) electrons. The second kappa shape index (κ2) is 11.4. The van der Waals surface area contributed by atoms with Gasteiger partial charge in [0.1, 0.15) is 6.04 Å². The van der Waals surface area contributed by atoms with E-state index in [2.05, 4.69) is 10.6 Å². The van der Waals surface area contributed by atoms with Gasteiger partial charge in [0.15, 0.2) is 0 Å². The van der Waals surface area contributed by atoms with Gasteiger partial charge >= 0.3 is 0 Å². The minimum absolute atomic E-state index is 0.0510. The van der Waals surface area contributed by atoms with Gasteiger partial charge in [-0.3, -0.25) is 14.4 Å². The summed E-state index contributed by atoms with van der Waals surface area (Å²) >= 11 is 1.66. The van der Waals surface area contributed by atoms with Gasteiger partial charge in [0.2, 0.25) is 17.7 Å². The summed E-state index contributed by atoms with van der Waals surface area (Å²) in [6.45, 7) is 0.355. The van der Waals surface area contributed by atoms with Gasteiger partial charge in [-0.2, -0.15) is 11.8 Å². The average molecular weight is 432 g/mol. The first-order valence-corrected chi connectivity index (χ1v) is 12.4. The smallest absolute Gasteiger partial charge is 0.242 e. The zero-order valence-electron chi connectivity index (χ0n) is 17.8. The van der Waals surface area contributed by atoms with Crippen LogP contribution in [0.3, 0.4) is 0 Å². The van der Waals surface area contributed by atoms with Crippen LogP contribution in [0.25, 0.3) is 0 Å². The fourth-order valence-electron chi connectivity index (χ4n) is 4.26. The molecule has 2 fully saturated rings. The van der Waals surface area contributed by atoms with Crippen molar-refractivity contribution in [3.05, 3.63) is 30.3 Å². The van der Waals surface area contributed by atoms with Gasteiger partial charge in [-0.15, -0.1) is 0 Å². The molecule has 1 aliphatic carbocycles. The van der Waals surface area contributed by atoms with E-state index in [9.17, 15) is 14.4 Å². The van der Waals surface area contributed by atoms with E-state index in [0.717, 1.165) is 37.1 Å². The molecular formula is C23H33N3O3S. The van der Waals surface area contributed by atoms with Crippen LogP contribution in [0.15, 0.2) is 30.3 Å². The van der Waals surface area contributed by atoms with Crippen LogP contribution in [-0.2, 0) is 14.4 Å². The molecule has 1 aromatic rings. The molecule has 1 aliphatic heterocycles. The molecule has 3 rings (SSSR count). The fraction of sp³-hybridized carbons (Fsp3) is 0.609. The quantitative estimate of drug-likeness (QED) is 0.620. The van der Waals surface area contributed by atoms with Crippen molar-refractivity contribution in [2.24, 2.45) is 5.92 Å². The Balaban J connectivity index is 1.59. The molecule has 0 spiro atoms. The van der Waals surface area contributed by atoms with Gasteiger partial charge in [0.05, 0.1) is 5.92 Å². The number of amides is 3. The third-order valence-electron chi connectivity index (χ3n) is 6.01. The van der Waals surface area contributed by atoms with E-state index in [0.29, 0.717) is 13.0 Å². The molecule has 30 heavy (non-hydrogen) atoms. The van der Waals surface area contributed by atoms with Crippen molar-refractivity contribution in [2.45, 2.75) is 63.5 Å². The molecule has 1 heterocycles. The van der Waals surface area contributed by atoms with Gasteiger partial charge < -0.3 is 15.5 Å². The first-order valence-electron chi connectivity index (χ1n) is 11.0. The lowest BCUT2D eigenvalue weighted by Crippen LogP contribution is -2.51. The summed E-state index contributed by atoms with van der Waals surface area (Å²) in [6.07, 6.45) is 9.54. The van der Waals surface area contributed by atoms with Crippen LogP contribution in [0, 0.1) is 5.92 Å². The van der Waals surface area contributed by atoms with E-state index in [1.165, 1.54) is 12.8 Å². The molecule has 164 valence electrons. The summed E-state index contributed by atoms with van der Waals surface area (Å²) < 4.78 is 0. The van der Waals surface area contributed by atoms with Crippen molar-refractivity contribution < 1.29 is 14.4 Å². The third kappa shape index (κ3) is 6.24. The Hall–Kier alpha value is -2.02. The Morgan fingerprint density at radius 1 is 1.13 bits per heavy atom. The van der Waals surface area contributed by atoms with Gasteiger partial charge in [-0.1, -0.05) is 43.9 Å². The lowest BCUT2D eigenvalue weighted by Gasteiger charge is -2.24. The van der Waals surface area contributed by atoms with E-state index < -0.39 is 12.0 Å². The molecule has 2 unspecified atom stereocenters. The molecule has 2 aliphatic rings. The molecule has 2 N–H and O–H groups in total. The lowest BCUT2D eigenvalue weighted by molar-refractivity contribution is -0.131. The van der Waals surface area contributed by atoms with Crippen LogP contribution in [0.2, 0.25) is 0 Å². The van der Waals surface area contributed by atoms with Crippen LogP contribution >= 0.6 is 11.8 Å². The first kappa shape index (κ1) is 22.7. The van der Waals surface area contributed by atoms with Crippen molar-refractivity contribution in [3.63, 3.8) is 0 Å². The molecule has 1 saturated carbocycles. The van der Waals surface area contributed by atoms with Crippen molar-refractivity contribution in [2.75, 3.05) is 23.5 Å². The zero-order chi connectivity index (χ0) is 21.3. The summed E-state index contributed by atoms with van der Waals surface area (Å²) in [5.74, 6) is 0.0190. The van der Waals surface area contributed by atoms with E-state index >= 15 is 0 Å². The second-order valence-corrected chi connectivity index (χ2v) is 9.27. The molecule has 1 aromatic carbocycles. The highest BCUT2D eigenvalue weighted by molar-refractivity contribution is 7.98. The molecule has 3 amide bonds. The number of hydrogen-bond donors (Lipinski definition) is 2. The van der Waals surface area contributed by atoms with Crippen molar-refractivity contribution in [1.29, 1.82) is 0 Å². The van der Waals surface area contributed by atoms with Crippen molar-refractivity contribution in [3.8, 4) is 0 Å². The van der Waals surface area contributed by atoms with E-state index in [1.807, 2.05) is 36.6 Å². The number of rotatable bonds is 8. The summed E-state index contributed by atoms with van der Waals surface area (Å²) in [7, 11) is 0. The number of nitrogens with one attached hydrogen (secondary N) is 2. The van der Waals surface area contributed by atoms with E-state index in [1.54, 1.807) is 16.7 Å². The number of benzene rings is 1. The Morgan fingerprint density at radius 3 is 2.50 bits per heavy atom. The topological polar surface area (TPSA) is 78.5 Å². The van der Waals surface area contributed by atoms with Gasteiger partial charge in [-0.25, -0.2) is 0 Å². The lowest BCUT2D eigenvalue weighted by atomic mass is 10.1. The number of thioether (sulfide) groups is 1. The molecule has 1 saturated heterocycles.